The Bertz CT molecular complexity index is 182. The molecule has 4 heteroatoms. The van der Waals surface area contributed by atoms with E-state index in [-0.39, 0.29) is 0 Å². The first kappa shape index (κ1) is 6.26. The second kappa shape index (κ2) is 2.62. The quantitative estimate of drug-likeness (QED) is 0.584. The zero-order valence-corrected chi connectivity index (χ0v) is 6.22. The molecule has 0 spiro atoms. The smallest absolute Gasteiger partial charge is 0.148 e. The SMILES string of the molecule is O=S(Cl)c1ccsc1. The Morgan fingerprint density at radius 1 is 1.75 bits per heavy atom. The number of hydrogen-bond donors (Lipinski definition) is 0. The van der Waals surface area contributed by atoms with Gasteiger partial charge in [-0.3, -0.25) is 0 Å². The molecular weight excluding hydrogens is 164 g/mol. The second-order valence-electron chi connectivity index (χ2n) is 1.18. The summed E-state index contributed by atoms with van der Waals surface area (Å²) in [5.41, 5.74) is 0. The van der Waals surface area contributed by atoms with Crippen LogP contribution in [0.2, 0.25) is 0 Å². The van der Waals surface area contributed by atoms with Crippen LogP contribution in [-0.4, -0.2) is 4.21 Å². The summed E-state index contributed by atoms with van der Waals surface area (Å²) in [7, 11) is 3.91. The van der Waals surface area contributed by atoms with Gasteiger partial charge in [-0.15, -0.1) is 0 Å². The van der Waals surface area contributed by atoms with Gasteiger partial charge in [0.2, 0.25) is 0 Å². The van der Waals surface area contributed by atoms with E-state index in [0.29, 0.717) is 4.90 Å². The van der Waals surface area contributed by atoms with E-state index in [2.05, 4.69) is 0 Å². The van der Waals surface area contributed by atoms with Crippen molar-refractivity contribution in [3.05, 3.63) is 16.8 Å². The van der Waals surface area contributed by atoms with Gasteiger partial charge in [0, 0.05) is 5.38 Å². The normalized spacial score (nSPS) is 13.6. The molecule has 0 aliphatic rings. The van der Waals surface area contributed by atoms with Crippen molar-refractivity contribution < 1.29 is 4.21 Å². The molecule has 0 amide bonds. The van der Waals surface area contributed by atoms with Crippen LogP contribution in [0.15, 0.2) is 21.7 Å². The van der Waals surface area contributed by atoms with E-state index in [1.807, 2.05) is 5.38 Å². The summed E-state index contributed by atoms with van der Waals surface area (Å²) >= 11 is 1.49. The summed E-state index contributed by atoms with van der Waals surface area (Å²) in [6, 6.07) is 1.74. The van der Waals surface area contributed by atoms with Gasteiger partial charge in [0.15, 0.2) is 0 Å². The molecule has 0 aliphatic heterocycles. The Labute approximate surface area is 58.3 Å². The molecule has 0 bridgehead atoms. The molecule has 1 rings (SSSR count). The average Bonchev–Trinajstić information content (AvgIpc) is 2.12. The Morgan fingerprint density at radius 2 is 2.50 bits per heavy atom. The van der Waals surface area contributed by atoms with Gasteiger partial charge < -0.3 is 0 Å². The van der Waals surface area contributed by atoms with Crippen LogP contribution in [0.3, 0.4) is 0 Å². The monoisotopic (exact) mass is 166 g/mol. The van der Waals surface area contributed by atoms with Crippen LogP contribution in [-0.2, 0) is 10.0 Å². The van der Waals surface area contributed by atoms with Crippen LogP contribution in [0.25, 0.3) is 0 Å². The molecule has 1 aromatic heterocycles. The minimum absolute atomic E-state index is 0.691. The first-order valence-electron chi connectivity index (χ1n) is 1.91. The molecule has 1 aromatic rings. The number of rotatable bonds is 1. The molecule has 0 aromatic carbocycles. The Morgan fingerprint density at radius 3 is 2.75 bits per heavy atom. The van der Waals surface area contributed by atoms with Gasteiger partial charge in [-0.05, 0) is 22.1 Å². The summed E-state index contributed by atoms with van der Waals surface area (Å²) in [6.45, 7) is 0. The van der Waals surface area contributed by atoms with Crippen LogP contribution in [0.1, 0.15) is 0 Å². The fraction of sp³-hybridized carbons (Fsp3) is 0. The molecule has 1 nitrogen and oxygen atoms in total. The van der Waals surface area contributed by atoms with E-state index in [4.69, 9.17) is 10.7 Å². The predicted molar refractivity (Wildman–Crippen MR) is 36.6 cm³/mol. The number of thiophene rings is 1. The molecule has 8 heavy (non-hydrogen) atoms. The van der Waals surface area contributed by atoms with Crippen molar-refractivity contribution in [3.63, 3.8) is 0 Å². The molecule has 0 N–H and O–H groups in total. The third kappa shape index (κ3) is 1.31. The minimum Gasteiger partial charge on any atom is -0.237 e. The van der Waals surface area contributed by atoms with Gasteiger partial charge in [0.05, 0.1) is 4.90 Å². The van der Waals surface area contributed by atoms with E-state index in [0.717, 1.165) is 0 Å². The first-order chi connectivity index (χ1) is 3.80. The van der Waals surface area contributed by atoms with Crippen molar-refractivity contribution in [2.45, 2.75) is 4.90 Å². The van der Waals surface area contributed by atoms with Crippen molar-refractivity contribution in [2.24, 2.45) is 0 Å². The molecule has 1 atom stereocenters. The molecule has 0 saturated carbocycles. The minimum atomic E-state index is -1.32. The van der Waals surface area contributed by atoms with Crippen LogP contribution in [0, 0.1) is 0 Å². The van der Waals surface area contributed by atoms with Gasteiger partial charge in [-0.25, -0.2) is 4.21 Å². The highest BCUT2D eigenvalue weighted by Crippen LogP contribution is 2.12. The predicted octanol–water partition coefficient (Wildman–Crippen LogP) is 2.01. The van der Waals surface area contributed by atoms with E-state index in [1.54, 1.807) is 11.4 Å². The molecule has 1 unspecified atom stereocenters. The van der Waals surface area contributed by atoms with Gasteiger partial charge in [-0.1, -0.05) is 0 Å². The molecular formula is C4H3ClOS2. The molecule has 44 valence electrons. The first-order valence-corrected chi connectivity index (χ1v) is 4.83. The van der Waals surface area contributed by atoms with Gasteiger partial charge >= 0.3 is 0 Å². The van der Waals surface area contributed by atoms with Crippen LogP contribution in [0.5, 0.6) is 0 Å². The maximum absolute atomic E-state index is 10.4. The summed E-state index contributed by atoms with van der Waals surface area (Å²) < 4.78 is 10.4. The van der Waals surface area contributed by atoms with E-state index >= 15 is 0 Å². The lowest BCUT2D eigenvalue weighted by molar-refractivity contribution is 0.691. The zero-order chi connectivity index (χ0) is 5.98. The molecule has 0 fully saturated rings. The maximum atomic E-state index is 10.4. The van der Waals surface area contributed by atoms with Crippen LogP contribution < -0.4 is 0 Å². The van der Waals surface area contributed by atoms with Crippen molar-refractivity contribution in [1.82, 2.24) is 0 Å². The van der Waals surface area contributed by atoms with E-state index in [9.17, 15) is 4.21 Å². The van der Waals surface area contributed by atoms with Gasteiger partial charge in [-0.2, -0.15) is 11.3 Å². The fourth-order valence-electron chi connectivity index (χ4n) is 0.343. The Balaban J connectivity index is 2.93. The Hall–Kier alpha value is 0.140. The lowest BCUT2D eigenvalue weighted by atomic mass is 10.7. The third-order valence-corrected chi connectivity index (χ3v) is 2.67. The topological polar surface area (TPSA) is 17.1 Å². The van der Waals surface area contributed by atoms with Crippen molar-refractivity contribution >= 4 is 32.0 Å². The lowest BCUT2D eigenvalue weighted by Crippen LogP contribution is -1.71. The summed E-state index contributed by atoms with van der Waals surface area (Å²) in [5.74, 6) is 0. The molecule has 0 saturated heterocycles. The third-order valence-electron chi connectivity index (χ3n) is 0.680. The highest BCUT2D eigenvalue weighted by molar-refractivity contribution is 8.08. The highest BCUT2D eigenvalue weighted by atomic mass is 35.7. The summed E-state index contributed by atoms with van der Waals surface area (Å²) in [6.07, 6.45) is 0. The van der Waals surface area contributed by atoms with Crippen molar-refractivity contribution in [2.75, 3.05) is 0 Å². The van der Waals surface area contributed by atoms with Crippen LogP contribution >= 0.6 is 22.0 Å². The largest absolute Gasteiger partial charge is 0.237 e. The molecule has 1 heterocycles. The Kier molecular flexibility index (Phi) is 2.05. The van der Waals surface area contributed by atoms with Crippen molar-refractivity contribution in [1.29, 1.82) is 0 Å². The summed E-state index contributed by atoms with van der Waals surface area (Å²) in [4.78, 5) is 0.691. The van der Waals surface area contributed by atoms with Gasteiger partial charge in [0.25, 0.3) is 0 Å². The lowest BCUT2D eigenvalue weighted by Gasteiger charge is -1.78. The van der Waals surface area contributed by atoms with E-state index in [1.165, 1.54) is 11.3 Å². The maximum Gasteiger partial charge on any atom is 0.148 e. The summed E-state index contributed by atoms with van der Waals surface area (Å²) in [5, 5.41) is 3.61. The van der Waals surface area contributed by atoms with Crippen LogP contribution in [0.4, 0.5) is 0 Å². The average molecular weight is 167 g/mol. The molecule has 0 aliphatic carbocycles. The number of hydrogen-bond acceptors (Lipinski definition) is 2. The zero-order valence-electron chi connectivity index (χ0n) is 3.83. The fourth-order valence-corrected chi connectivity index (χ4v) is 2.07. The van der Waals surface area contributed by atoms with E-state index < -0.39 is 10.0 Å². The van der Waals surface area contributed by atoms with Gasteiger partial charge in [0.1, 0.15) is 10.0 Å². The standard InChI is InChI=1S/C4H3ClOS2/c5-8(6)4-1-2-7-3-4/h1-3H. The van der Waals surface area contributed by atoms with Crippen molar-refractivity contribution in [3.8, 4) is 0 Å². The second-order valence-corrected chi connectivity index (χ2v) is 3.72. The molecule has 0 radical (unpaired) electrons. The number of halogens is 1. The highest BCUT2D eigenvalue weighted by Gasteiger charge is 1.95.